The van der Waals surface area contributed by atoms with Crippen molar-refractivity contribution in [3.05, 3.63) is 65.2 Å². The molecule has 1 fully saturated rings. The molecule has 9 nitrogen and oxygen atoms in total. The number of fused-ring (bicyclic) bond motifs is 6. The number of hydrogen-bond donors (Lipinski definition) is 2. The number of aromatic nitrogens is 2. The van der Waals surface area contributed by atoms with Gasteiger partial charge in [-0.15, -0.1) is 0 Å². The average Bonchev–Trinajstić information content (AvgIpc) is 3.04. The molecule has 3 aromatic rings. The first-order valence-corrected chi connectivity index (χ1v) is 14.4. The number of nitrogens with one attached hydrogen (secondary N) is 2. The second kappa shape index (κ2) is 10.3. The molecule has 1 aromatic heterocycles. The van der Waals surface area contributed by atoms with Crippen LogP contribution in [0, 0.1) is 19.8 Å². The molecule has 3 heterocycles. The van der Waals surface area contributed by atoms with Gasteiger partial charge in [0, 0.05) is 36.8 Å². The Balaban J connectivity index is 1.72. The highest BCUT2D eigenvalue weighted by Crippen LogP contribution is 2.31. The zero-order chi connectivity index (χ0) is 27.0. The van der Waals surface area contributed by atoms with Crippen LogP contribution in [-0.2, 0) is 10.0 Å². The van der Waals surface area contributed by atoms with Gasteiger partial charge >= 0.3 is 0 Å². The van der Waals surface area contributed by atoms with Crippen LogP contribution in [0.4, 0.5) is 5.95 Å². The van der Waals surface area contributed by atoms with Gasteiger partial charge in [0.15, 0.2) is 0 Å². The maximum Gasteiger partial charge on any atom is 0.264 e. The molecule has 10 heteroatoms. The van der Waals surface area contributed by atoms with Crippen molar-refractivity contribution >= 4 is 21.9 Å². The van der Waals surface area contributed by atoms with Crippen molar-refractivity contribution in [2.75, 3.05) is 24.4 Å². The molecule has 2 aromatic carbocycles. The van der Waals surface area contributed by atoms with Crippen LogP contribution >= 0.6 is 0 Å². The summed E-state index contributed by atoms with van der Waals surface area (Å²) >= 11 is 0. The number of nitrogens with zero attached hydrogens (tertiary/aromatic N) is 3. The normalized spacial score (nSPS) is 20.9. The molecule has 1 amide bonds. The second-order valence-corrected chi connectivity index (χ2v) is 12.1. The number of aryl methyl sites for hydroxylation is 2. The third-order valence-electron chi connectivity index (χ3n) is 7.01. The highest BCUT2D eigenvalue weighted by atomic mass is 32.2. The topological polar surface area (TPSA) is 114 Å². The van der Waals surface area contributed by atoms with Crippen molar-refractivity contribution in [1.82, 2.24) is 20.2 Å². The van der Waals surface area contributed by atoms with Crippen LogP contribution in [0.3, 0.4) is 0 Å². The van der Waals surface area contributed by atoms with Crippen molar-refractivity contribution in [2.45, 2.75) is 51.2 Å². The van der Waals surface area contributed by atoms with Crippen LogP contribution in [-0.4, -0.2) is 61.0 Å². The molecule has 0 saturated carbocycles. The third-order valence-corrected chi connectivity index (χ3v) is 8.33. The molecule has 38 heavy (non-hydrogen) atoms. The summed E-state index contributed by atoms with van der Waals surface area (Å²) in [5.74, 6) is 0.235. The molecule has 2 N–H and O–H groups in total. The average molecular weight is 536 g/mol. The highest BCUT2D eigenvalue weighted by Gasteiger charge is 2.36. The fraction of sp³-hybridized carbons (Fsp3) is 0.393. The molecule has 0 spiro atoms. The van der Waals surface area contributed by atoms with Gasteiger partial charge in [0.05, 0.1) is 16.6 Å². The lowest BCUT2D eigenvalue weighted by atomic mass is 9.96. The van der Waals surface area contributed by atoms with Gasteiger partial charge in [-0.3, -0.25) is 4.79 Å². The summed E-state index contributed by atoms with van der Waals surface area (Å²) in [5, 5.41) is 3.40. The molecule has 5 rings (SSSR count). The van der Waals surface area contributed by atoms with Gasteiger partial charge in [-0.25, -0.2) is 18.1 Å². The molecule has 0 unspecified atom stereocenters. The van der Waals surface area contributed by atoms with E-state index in [0.29, 0.717) is 36.8 Å². The lowest BCUT2D eigenvalue weighted by molar-refractivity contribution is 0.0446. The largest absolute Gasteiger partial charge is 0.471 e. The van der Waals surface area contributed by atoms with Crippen LogP contribution in [0.15, 0.2) is 53.4 Å². The van der Waals surface area contributed by atoms with E-state index in [1.54, 1.807) is 18.2 Å². The van der Waals surface area contributed by atoms with Gasteiger partial charge in [-0.05, 0) is 55.5 Å². The second-order valence-electron chi connectivity index (χ2n) is 10.4. The minimum absolute atomic E-state index is 0.0314. The van der Waals surface area contributed by atoms with Crippen molar-refractivity contribution in [1.29, 1.82) is 0 Å². The molecule has 1 saturated heterocycles. The summed E-state index contributed by atoms with van der Waals surface area (Å²) < 4.78 is 35.8. The number of hydrogen-bond acceptors (Lipinski definition) is 7. The van der Waals surface area contributed by atoms with E-state index in [1.807, 2.05) is 36.9 Å². The number of ether oxygens (including phenoxy) is 1. The van der Waals surface area contributed by atoms with Gasteiger partial charge in [0.2, 0.25) is 11.8 Å². The van der Waals surface area contributed by atoms with Crippen LogP contribution < -0.4 is 14.8 Å². The first kappa shape index (κ1) is 26.1. The number of amides is 1. The smallest absolute Gasteiger partial charge is 0.264 e. The molecular formula is C28H33N5O4S. The zero-order valence-corrected chi connectivity index (χ0v) is 22.9. The molecule has 0 aliphatic carbocycles. The molecule has 2 aliphatic rings. The summed E-state index contributed by atoms with van der Waals surface area (Å²) in [5.41, 5.74) is 3.76. The van der Waals surface area contributed by atoms with Gasteiger partial charge in [0.25, 0.3) is 15.9 Å². The molecule has 2 aliphatic heterocycles. The summed E-state index contributed by atoms with van der Waals surface area (Å²) in [4.78, 5) is 24.6. The van der Waals surface area contributed by atoms with Gasteiger partial charge in [-0.1, -0.05) is 38.1 Å². The van der Waals surface area contributed by atoms with Crippen LogP contribution in [0.25, 0.3) is 11.3 Å². The van der Waals surface area contributed by atoms with E-state index in [4.69, 9.17) is 4.74 Å². The Hall–Kier alpha value is -3.50. The van der Waals surface area contributed by atoms with Crippen molar-refractivity contribution < 1.29 is 17.9 Å². The van der Waals surface area contributed by atoms with Crippen LogP contribution in [0.5, 0.6) is 5.88 Å². The Morgan fingerprint density at radius 2 is 1.82 bits per heavy atom. The maximum atomic E-state index is 13.8. The van der Waals surface area contributed by atoms with E-state index < -0.39 is 16.1 Å². The lowest BCUT2D eigenvalue weighted by Crippen LogP contribution is -2.50. The number of anilines is 1. The minimum atomic E-state index is -4.08. The number of rotatable bonds is 3. The quantitative estimate of drug-likeness (QED) is 0.525. The highest BCUT2D eigenvalue weighted by molar-refractivity contribution is 7.92. The number of sulfonamides is 1. The Labute approximate surface area is 223 Å². The van der Waals surface area contributed by atoms with Gasteiger partial charge < -0.3 is 15.0 Å². The van der Waals surface area contributed by atoms with E-state index >= 15 is 0 Å². The van der Waals surface area contributed by atoms with E-state index in [0.717, 1.165) is 23.1 Å². The number of carbonyl (C=O) groups excluding carboxylic acids is 1. The van der Waals surface area contributed by atoms with E-state index in [9.17, 15) is 13.2 Å². The Morgan fingerprint density at radius 3 is 2.55 bits per heavy atom. The van der Waals surface area contributed by atoms with Crippen LogP contribution in [0.2, 0.25) is 0 Å². The summed E-state index contributed by atoms with van der Waals surface area (Å²) in [7, 11) is -4.08. The summed E-state index contributed by atoms with van der Waals surface area (Å²) in [6.45, 7) is 9.80. The van der Waals surface area contributed by atoms with E-state index in [2.05, 4.69) is 33.9 Å². The van der Waals surface area contributed by atoms with Crippen molar-refractivity contribution in [3.63, 3.8) is 0 Å². The summed E-state index contributed by atoms with van der Waals surface area (Å²) in [6.07, 6.45) is 0.314. The monoisotopic (exact) mass is 535 g/mol. The SMILES string of the molecule is Cc1cccc(C)c1-c1cc2nc(n1)NS(=O)(=O)c1cccc(c1)C(=O)N1CCNC[C@@H](O2)[C@H]1CC(C)C. The standard InChI is InChI=1S/C28H33N5O4S/c1-17(2)13-23-24-16-29-11-12-33(23)27(34)20-9-6-10-21(14-20)38(35,36)32-28-30-22(15-25(31-28)37-24)26-18(3)7-5-8-19(26)4/h5-10,14-15,17,23-24,29H,11-13,16H2,1-4H3,(H,30,31,32)/t23-,24-/m1/s1. The first-order valence-electron chi connectivity index (χ1n) is 12.9. The predicted octanol–water partition coefficient (Wildman–Crippen LogP) is 3.78. The van der Waals surface area contributed by atoms with Gasteiger partial charge in [0.1, 0.15) is 6.10 Å². The third kappa shape index (κ3) is 5.23. The predicted molar refractivity (Wildman–Crippen MR) is 146 cm³/mol. The molecule has 0 radical (unpaired) electrons. The molecule has 200 valence electrons. The van der Waals surface area contributed by atoms with E-state index in [-0.39, 0.29) is 28.7 Å². The lowest BCUT2D eigenvalue weighted by Gasteiger charge is -2.35. The fourth-order valence-corrected chi connectivity index (χ4v) is 6.24. The number of benzene rings is 2. The van der Waals surface area contributed by atoms with Gasteiger partial charge in [-0.2, -0.15) is 4.98 Å². The Morgan fingerprint density at radius 1 is 1.08 bits per heavy atom. The summed E-state index contributed by atoms with van der Waals surface area (Å²) in [6, 6.07) is 13.6. The molecule has 6 bridgehead atoms. The zero-order valence-electron chi connectivity index (χ0n) is 22.1. The van der Waals surface area contributed by atoms with Crippen molar-refractivity contribution in [3.8, 4) is 17.1 Å². The minimum Gasteiger partial charge on any atom is -0.471 e. The van der Waals surface area contributed by atoms with Crippen LogP contribution in [0.1, 0.15) is 41.8 Å². The molecule has 2 atom stereocenters. The Bertz CT molecular complexity index is 1450. The number of carbonyl (C=O) groups is 1. The first-order chi connectivity index (χ1) is 18.1. The molecular weight excluding hydrogens is 502 g/mol. The van der Waals surface area contributed by atoms with E-state index in [1.165, 1.54) is 12.1 Å². The van der Waals surface area contributed by atoms with Crippen molar-refractivity contribution in [2.24, 2.45) is 5.92 Å². The Kier molecular flexibility index (Phi) is 7.11. The fourth-order valence-electron chi connectivity index (χ4n) is 5.25. The maximum absolute atomic E-state index is 13.8.